The Morgan fingerprint density at radius 1 is 1.37 bits per heavy atom. The third kappa shape index (κ3) is 2.95. The van der Waals surface area contributed by atoms with Gasteiger partial charge in [-0.2, -0.15) is 0 Å². The third-order valence-corrected chi connectivity index (χ3v) is 3.35. The number of anilines is 2. The molecule has 0 aliphatic carbocycles. The van der Waals surface area contributed by atoms with Gasteiger partial charge in [-0.15, -0.1) is 0 Å². The first kappa shape index (κ1) is 13.6. The van der Waals surface area contributed by atoms with Gasteiger partial charge >= 0.3 is 0 Å². The van der Waals surface area contributed by atoms with Crippen molar-refractivity contribution in [3.8, 4) is 0 Å². The van der Waals surface area contributed by atoms with Crippen LogP contribution in [0.25, 0.3) is 0 Å². The smallest absolute Gasteiger partial charge is 0.227 e. The number of rotatable bonds is 3. The number of carbonyl (C=O) groups is 2. The van der Waals surface area contributed by atoms with Crippen LogP contribution in [0.1, 0.15) is 32.3 Å². The molecular weight excluding hydrogens is 240 g/mol. The SMILES string of the molecule is Cc1cc(NC(=O)C(C)C)ccc1N1CCCC1=O. The van der Waals surface area contributed by atoms with E-state index >= 15 is 0 Å². The molecule has 102 valence electrons. The standard InChI is InChI=1S/C15H20N2O2/c1-10(2)15(19)16-12-6-7-13(11(3)9-12)17-8-4-5-14(17)18/h6-7,9-10H,4-5,8H2,1-3H3,(H,16,19). The maximum atomic E-state index is 11.7. The van der Waals surface area contributed by atoms with E-state index in [1.54, 1.807) is 0 Å². The highest BCUT2D eigenvalue weighted by molar-refractivity contribution is 5.97. The number of amides is 2. The first-order chi connectivity index (χ1) is 8.99. The van der Waals surface area contributed by atoms with E-state index in [2.05, 4.69) is 5.32 Å². The largest absolute Gasteiger partial charge is 0.326 e. The quantitative estimate of drug-likeness (QED) is 0.908. The Morgan fingerprint density at radius 3 is 2.63 bits per heavy atom. The van der Waals surface area contributed by atoms with E-state index in [-0.39, 0.29) is 17.7 Å². The van der Waals surface area contributed by atoms with Crippen LogP contribution in [-0.2, 0) is 9.59 Å². The summed E-state index contributed by atoms with van der Waals surface area (Å²) in [5.41, 5.74) is 2.74. The summed E-state index contributed by atoms with van der Waals surface area (Å²) in [5.74, 6) is 0.145. The number of nitrogens with zero attached hydrogens (tertiary/aromatic N) is 1. The summed E-state index contributed by atoms with van der Waals surface area (Å²) < 4.78 is 0. The first-order valence-corrected chi connectivity index (χ1v) is 6.71. The van der Waals surface area contributed by atoms with Gasteiger partial charge < -0.3 is 10.2 Å². The van der Waals surface area contributed by atoms with Crippen LogP contribution in [0.15, 0.2) is 18.2 Å². The van der Waals surface area contributed by atoms with Crippen molar-refractivity contribution < 1.29 is 9.59 Å². The maximum Gasteiger partial charge on any atom is 0.227 e. The van der Waals surface area contributed by atoms with Crippen LogP contribution < -0.4 is 10.2 Å². The summed E-state index contributed by atoms with van der Waals surface area (Å²) in [7, 11) is 0. The Morgan fingerprint density at radius 2 is 2.11 bits per heavy atom. The van der Waals surface area contributed by atoms with Gasteiger partial charge in [0.25, 0.3) is 0 Å². The predicted molar refractivity (Wildman–Crippen MR) is 76.2 cm³/mol. The highest BCUT2D eigenvalue weighted by atomic mass is 16.2. The second kappa shape index (κ2) is 5.43. The molecule has 1 fully saturated rings. The van der Waals surface area contributed by atoms with Crippen molar-refractivity contribution >= 4 is 23.2 Å². The zero-order valence-corrected chi connectivity index (χ0v) is 11.7. The molecule has 0 atom stereocenters. The van der Waals surface area contributed by atoms with Crippen LogP contribution >= 0.6 is 0 Å². The van der Waals surface area contributed by atoms with Gasteiger partial charge in [0.2, 0.25) is 11.8 Å². The van der Waals surface area contributed by atoms with E-state index in [9.17, 15) is 9.59 Å². The topological polar surface area (TPSA) is 49.4 Å². The second-order valence-corrected chi connectivity index (χ2v) is 5.29. The number of nitrogens with one attached hydrogen (secondary N) is 1. The molecule has 0 radical (unpaired) electrons. The third-order valence-electron chi connectivity index (χ3n) is 3.35. The number of hydrogen-bond donors (Lipinski definition) is 1. The number of aryl methyl sites for hydroxylation is 1. The van der Waals surface area contributed by atoms with Gasteiger partial charge in [0, 0.05) is 30.3 Å². The van der Waals surface area contributed by atoms with Crippen LogP contribution in [-0.4, -0.2) is 18.4 Å². The van der Waals surface area contributed by atoms with E-state index in [0.717, 1.165) is 29.9 Å². The summed E-state index contributed by atoms with van der Waals surface area (Å²) in [4.78, 5) is 25.2. The molecule has 2 amide bonds. The molecule has 1 N–H and O–H groups in total. The molecule has 2 rings (SSSR count). The predicted octanol–water partition coefficient (Wildman–Crippen LogP) is 2.72. The lowest BCUT2D eigenvalue weighted by molar-refractivity contribution is -0.119. The van der Waals surface area contributed by atoms with Crippen LogP contribution in [0.3, 0.4) is 0 Å². The van der Waals surface area contributed by atoms with Gasteiger partial charge in [0.05, 0.1) is 0 Å². The molecule has 0 bridgehead atoms. The molecule has 0 saturated carbocycles. The molecule has 0 aromatic heterocycles. The van der Waals surface area contributed by atoms with Crippen LogP contribution in [0.5, 0.6) is 0 Å². The Labute approximate surface area is 113 Å². The second-order valence-electron chi connectivity index (χ2n) is 5.29. The molecule has 4 nitrogen and oxygen atoms in total. The Kier molecular flexibility index (Phi) is 3.88. The summed E-state index contributed by atoms with van der Waals surface area (Å²) in [6.45, 7) is 6.47. The number of benzene rings is 1. The van der Waals surface area contributed by atoms with Gasteiger partial charge in [0.15, 0.2) is 0 Å². The molecule has 1 aromatic carbocycles. The van der Waals surface area contributed by atoms with Gasteiger partial charge in [-0.1, -0.05) is 13.8 Å². The normalized spacial score (nSPS) is 15.2. The Hall–Kier alpha value is -1.84. The van der Waals surface area contributed by atoms with E-state index in [1.807, 2.05) is 43.9 Å². The van der Waals surface area contributed by atoms with Crippen molar-refractivity contribution in [3.63, 3.8) is 0 Å². The average Bonchev–Trinajstić information content (AvgIpc) is 2.75. The summed E-state index contributed by atoms with van der Waals surface area (Å²) in [6, 6.07) is 5.68. The van der Waals surface area contributed by atoms with E-state index in [0.29, 0.717) is 6.42 Å². The molecule has 19 heavy (non-hydrogen) atoms. The van der Waals surface area contributed by atoms with Crippen molar-refractivity contribution in [1.29, 1.82) is 0 Å². The van der Waals surface area contributed by atoms with Gasteiger partial charge in [0.1, 0.15) is 0 Å². The van der Waals surface area contributed by atoms with E-state index < -0.39 is 0 Å². The summed E-state index contributed by atoms with van der Waals surface area (Å²) >= 11 is 0. The summed E-state index contributed by atoms with van der Waals surface area (Å²) in [6.07, 6.45) is 1.55. The van der Waals surface area contributed by atoms with Crippen molar-refractivity contribution in [3.05, 3.63) is 23.8 Å². The number of hydrogen-bond acceptors (Lipinski definition) is 2. The van der Waals surface area contributed by atoms with E-state index in [1.165, 1.54) is 0 Å². The Bertz CT molecular complexity index is 509. The highest BCUT2D eigenvalue weighted by Gasteiger charge is 2.23. The molecule has 4 heteroatoms. The molecule has 1 saturated heterocycles. The average molecular weight is 260 g/mol. The zero-order valence-electron chi connectivity index (χ0n) is 11.7. The van der Waals surface area contributed by atoms with Crippen LogP contribution in [0.4, 0.5) is 11.4 Å². The van der Waals surface area contributed by atoms with E-state index in [4.69, 9.17) is 0 Å². The molecule has 1 aromatic rings. The molecule has 1 aliphatic heterocycles. The van der Waals surface area contributed by atoms with Gasteiger partial charge in [-0.05, 0) is 37.1 Å². The van der Waals surface area contributed by atoms with Crippen LogP contribution in [0, 0.1) is 12.8 Å². The van der Waals surface area contributed by atoms with Crippen molar-refractivity contribution in [2.24, 2.45) is 5.92 Å². The Balaban J connectivity index is 2.17. The molecule has 0 unspecified atom stereocenters. The molecular formula is C15H20N2O2. The summed E-state index contributed by atoms with van der Waals surface area (Å²) in [5, 5.41) is 2.87. The lowest BCUT2D eigenvalue weighted by Crippen LogP contribution is -2.24. The molecule has 1 aliphatic rings. The maximum absolute atomic E-state index is 11.7. The highest BCUT2D eigenvalue weighted by Crippen LogP contribution is 2.27. The number of carbonyl (C=O) groups excluding carboxylic acids is 2. The fourth-order valence-corrected chi connectivity index (χ4v) is 2.23. The van der Waals surface area contributed by atoms with Gasteiger partial charge in [-0.25, -0.2) is 0 Å². The molecule has 1 heterocycles. The fraction of sp³-hybridized carbons (Fsp3) is 0.467. The lowest BCUT2D eigenvalue weighted by Gasteiger charge is -2.19. The van der Waals surface area contributed by atoms with Gasteiger partial charge in [-0.3, -0.25) is 9.59 Å². The monoisotopic (exact) mass is 260 g/mol. The fourth-order valence-electron chi connectivity index (χ4n) is 2.23. The molecule has 0 spiro atoms. The van der Waals surface area contributed by atoms with Crippen molar-refractivity contribution in [1.82, 2.24) is 0 Å². The van der Waals surface area contributed by atoms with Crippen molar-refractivity contribution in [2.45, 2.75) is 33.6 Å². The van der Waals surface area contributed by atoms with Crippen molar-refractivity contribution in [2.75, 3.05) is 16.8 Å². The minimum atomic E-state index is -0.0415. The minimum absolute atomic E-state index is 0.00407. The first-order valence-electron chi connectivity index (χ1n) is 6.71. The zero-order chi connectivity index (χ0) is 14.0. The lowest BCUT2D eigenvalue weighted by atomic mass is 10.1. The minimum Gasteiger partial charge on any atom is -0.326 e. The van der Waals surface area contributed by atoms with Crippen LogP contribution in [0.2, 0.25) is 0 Å².